The van der Waals surface area contributed by atoms with Crippen molar-refractivity contribution in [3.05, 3.63) is 0 Å². The van der Waals surface area contributed by atoms with E-state index in [4.69, 9.17) is 10.2 Å². The smallest absolute Gasteiger partial charge is 0.481 e. The summed E-state index contributed by atoms with van der Waals surface area (Å²) in [6.07, 6.45) is 2.01. The average Bonchev–Trinajstić information content (AvgIpc) is 2.45. The second-order valence-electron chi connectivity index (χ2n) is 5.86. The lowest BCUT2D eigenvalue weighted by molar-refractivity contribution is -0.340. The summed E-state index contributed by atoms with van der Waals surface area (Å²) in [5.74, 6) is -2.35. The van der Waals surface area contributed by atoms with Crippen molar-refractivity contribution in [3.8, 4) is 0 Å². The van der Waals surface area contributed by atoms with Crippen LogP contribution in [0.25, 0.3) is 0 Å². The zero-order valence-electron chi connectivity index (χ0n) is 13.8. The number of unbranched alkanes of at least 4 members (excludes halogenated alkanes) is 9. The van der Waals surface area contributed by atoms with E-state index < -0.39 is 24.4 Å². The van der Waals surface area contributed by atoms with Gasteiger partial charge in [0.1, 0.15) is 0 Å². The molecule has 0 heterocycles. The van der Waals surface area contributed by atoms with Crippen molar-refractivity contribution < 1.29 is 37.7 Å². The Bertz CT molecular complexity index is 358. The number of halogens is 3. The van der Waals surface area contributed by atoms with Crippen LogP contribution in [0.5, 0.6) is 0 Å². The van der Waals surface area contributed by atoms with Gasteiger partial charge in [0.05, 0.1) is 0 Å². The lowest BCUT2D eigenvalue weighted by Gasteiger charge is -2.15. The monoisotopic (exact) mass is 356 g/mol. The topological polar surface area (TPSA) is 83.8 Å². The van der Waals surface area contributed by atoms with E-state index in [2.05, 4.69) is 4.74 Å². The van der Waals surface area contributed by atoms with Gasteiger partial charge in [0.2, 0.25) is 0 Å². The van der Waals surface area contributed by atoms with Gasteiger partial charge in [-0.25, -0.2) is 4.79 Å². The Kier molecular flexibility index (Phi) is 12.3. The van der Waals surface area contributed by atoms with Gasteiger partial charge in [-0.1, -0.05) is 57.8 Å². The number of hydrogen-bond acceptors (Lipinski definition) is 3. The maximum Gasteiger partial charge on any atom is 0.523 e. The van der Waals surface area contributed by atoms with Crippen LogP contribution in [0.15, 0.2) is 0 Å². The summed E-state index contributed by atoms with van der Waals surface area (Å²) in [5.41, 5.74) is 0. The van der Waals surface area contributed by atoms with E-state index in [-0.39, 0.29) is 12.8 Å². The molecule has 24 heavy (non-hydrogen) atoms. The van der Waals surface area contributed by atoms with Gasteiger partial charge >= 0.3 is 18.3 Å². The molecule has 0 saturated heterocycles. The zero-order valence-corrected chi connectivity index (χ0v) is 13.8. The Morgan fingerprint density at radius 3 is 1.58 bits per heavy atom. The fourth-order valence-electron chi connectivity index (χ4n) is 2.41. The molecule has 142 valence electrons. The number of carboxylic acids is 2. The average molecular weight is 356 g/mol. The molecule has 8 heteroatoms. The number of ether oxygens (including phenoxy) is 1. The third kappa shape index (κ3) is 15.6. The Morgan fingerprint density at radius 2 is 1.21 bits per heavy atom. The summed E-state index contributed by atoms with van der Waals surface area (Å²) < 4.78 is 39.6. The number of aliphatic carboxylic acids is 2. The largest absolute Gasteiger partial charge is 0.523 e. The molecule has 0 fully saturated rings. The molecule has 0 aliphatic heterocycles. The standard InChI is InChI=1S/C16H27F3O5/c17-16(18,19)24-13(15(22)23)11-9-7-5-3-1-2-4-6-8-10-12-14(20)21/h13H,1-12H2,(H,20,21)(H,22,23). The zero-order chi connectivity index (χ0) is 18.4. The second kappa shape index (κ2) is 13.0. The van der Waals surface area contributed by atoms with Crippen LogP contribution in [0.2, 0.25) is 0 Å². The van der Waals surface area contributed by atoms with E-state index in [0.29, 0.717) is 19.3 Å². The van der Waals surface area contributed by atoms with Gasteiger partial charge in [-0.2, -0.15) is 0 Å². The van der Waals surface area contributed by atoms with Crippen LogP contribution in [0, 0.1) is 0 Å². The molecule has 0 amide bonds. The Labute approximate surface area is 140 Å². The number of carboxylic acid groups (broad SMARTS) is 2. The minimum Gasteiger partial charge on any atom is -0.481 e. The predicted molar refractivity (Wildman–Crippen MR) is 81.6 cm³/mol. The molecule has 2 N–H and O–H groups in total. The van der Waals surface area contributed by atoms with E-state index >= 15 is 0 Å². The van der Waals surface area contributed by atoms with Crippen LogP contribution in [-0.2, 0) is 14.3 Å². The molecular formula is C16H27F3O5. The Morgan fingerprint density at radius 1 is 0.792 bits per heavy atom. The van der Waals surface area contributed by atoms with Crippen molar-refractivity contribution >= 4 is 11.9 Å². The number of rotatable bonds is 15. The maximum atomic E-state index is 12.0. The Balaban J connectivity index is 3.46. The quantitative estimate of drug-likeness (QED) is 0.414. The first-order chi connectivity index (χ1) is 11.2. The first-order valence-electron chi connectivity index (χ1n) is 8.41. The summed E-state index contributed by atoms with van der Waals surface area (Å²) >= 11 is 0. The Hall–Kier alpha value is -1.31. The lowest BCUT2D eigenvalue weighted by Crippen LogP contribution is -2.30. The van der Waals surface area contributed by atoms with Crippen molar-refractivity contribution in [1.29, 1.82) is 0 Å². The van der Waals surface area contributed by atoms with Crippen molar-refractivity contribution in [1.82, 2.24) is 0 Å². The van der Waals surface area contributed by atoms with Gasteiger partial charge in [0.25, 0.3) is 0 Å². The normalized spacial score (nSPS) is 13.0. The first-order valence-corrected chi connectivity index (χ1v) is 8.41. The fourth-order valence-corrected chi connectivity index (χ4v) is 2.41. The minimum absolute atomic E-state index is 0.140. The molecule has 0 aliphatic carbocycles. The highest BCUT2D eigenvalue weighted by Gasteiger charge is 2.36. The second-order valence-corrected chi connectivity index (χ2v) is 5.86. The minimum atomic E-state index is -4.92. The van der Waals surface area contributed by atoms with E-state index in [1.54, 1.807) is 0 Å². The number of hydrogen-bond donors (Lipinski definition) is 2. The molecule has 0 saturated carbocycles. The molecule has 0 aromatic heterocycles. The molecule has 0 rings (SSSR count). The highest BCUT2D eigenvalue weighted by atomic mass is 19.4. The van der Waals surface area contributed by atoms with Crippen molar-refractivity contribution in [2.75, 3.05) is 0 Å². The van der Waals surface area contributed by atoms with E-state index in [9.17, 15) is 22.8 Å². The van der Waals surface area contributed by atoms with E-state index in [1.807, 2.05) is 0 Å². The molecular weight excluding hydrogens is 329 g/mol. The van der Waals surface area contributed by atoms with Gasteiger partial charge < -0.3 is 10.2 Å². The van der Waals surface area contributed by atoms with Crippen LogP contribution in [0.3, 0.4) is 0 Å². The van der Waals surface area contributed by atoms with Crippen LogP contribution >= 0.6 is 0 Å². The molecule has 5 nitrogen and oxygen atoms in total. The maximum absolute atomic E-state index is 12.0. The summed E-state index contributed by atoms with van der Waals surface area (Å²) in [5, 5.41) is 17.2. The first kappa shape index (κ1) is 22.7. The summed E-state index contributed by atoms with van der Waals surface area (Å²) in [7, 11) is 0. The fraction of sp³-hybridized carbons (Fsp3) is 0.875. The number of carbonyl (C=O) groups is 2. The molecule has 0 spiro atoms. The molecule has 1 atom stereocenters. The van der Waals surface area contributed by atoms with E-state index in [0.717, 1.165) is 44.9 Å². The highest BCUT2D eigenvalue weighted by molar-refractivity contribution is 5.72. The van der Waals surface area contributed by atoms with Crippen molar-refractivity contribution in [2.24, 2.45) is 0 Å². The van der Waals surface area contributed by atoms with Crippen LogP contribution in [0.1, 0.15) is 77.0 Å². The van der Waals surface area contributed by atoms with Crippen LogP contribution in [0.4, 0.5) is 13.2 Å². The molecule has 0 aromatic carbocycles. The summed E-state index contributed by atoms with van der Waals surface area (Å²) in [6, 6.07) is 0. The SMILES string of the molecule is O=C(O)CCCCCCCCCCCCC(OC(F)(F)F)C(=O)O. The lowest BCUT2D eigenvalue weighted by atomic mass is 10.0. The van der Waals surface area contributed by atoms with Crippen molar-refractivity contribution in [2.45, 2.75) is 89.5 Å². The van der Waals surface area contributed by atoms with Crippen LogP contribution < -0.4 is 0 Å². The third-order valence-electron chi connectivity index (χ3n) is 3.66. The van der Waals surface area contributed by atoms with Gasteiger partial charge in [0, 0.05) is 6.42 Å². The number of alkyl halides is 3. The van der Waals surface area contributed by atoms with Crippen molar-refractivity contribution in [3.63, 3.8) is 0 Å². The molecule has 1 unspecified atom stereocenters. The van der Waals surface area contributed by atoms with Gasteiger partial charge in [-0.05, 0) is 12.8 Å². The van der Waals surface area contributed by atoms with Crippen LogP contribution in [-0.4, -0.2) is 34.6 Å². The molecule has 0 bridgehead atoms. The summed E-state index contributed by atoms with van der Waals surface area (Å²) in [6.45, 7) is 0. The van der Waals surface area contributed by atoms with E-state index in [1.165, 1.54) is 0 Å². The summed E-state index contributed by atoms with van der Waals surface area (Å²) in [4.78, 5) is 21.0. The predicted octanol–water partition coefficient (Wildman–Crippen LogP) is 4.74. The molecule has 0 radical (unpaired) electrons. The third-order valence-corrected chi connectivity index (χ3v) is 3.66. The van der Waals surface area contributed by atoms with Gasteiger partial charge in [-0.15, -0.1) is 13.2 Å². The highest BCUT2D eigenvalue weighted by Crippen LogP contribution is 2.22. The van der Waals surface area contributed by atoms with Gasteiger partial charge in [-0.3, -0.25) is 9.53 Å². The molecule has 0 aliphatic rings. The molecule has 0 aromatic rings. The van der Waals surface area contributed by atoms with Gasteiger partial charge in [0.15, 0.2) is 6.10 Å².